The first-order valence-corrected chi connectivity index (χ1v) is 9.52. The molecule has 6 N–H and O–H groups in total. The number of thiazole rings is 1. The smallest absolute Gasteiger partial charge is 0.241 e. The van der Waals surface area contributed by atoms with Crippen molar-refractivity contribution in [1.82, 2.24) is 15.6 Å². The molecule has 3 rings (SSSR count). The number of hydrogen-bond acceptors (Lipinski definition) is 6. The molecule has 1 aromatic heterocycles. The standard InChI is InChI=1S/C18H22N6O2S/c19-18(20)22-10-3-6-12(23-16(26)13-7-4-9-21-13)15(25)17-24-11-5-1-2-8-14(11)27-17/h1-2,4-5,7-8,12-13,21H,3,6,9-10H2,(H,23,26)(H4,19,20,22). The Morgan fingerprint density at radius 3 is 2.89 bits per heavy atom. The van der Waals surface area contributed by atoms with Crippen molar-refractivity contribution in [2.24, 2.45) is 16.5 Å². The van der Waals surface area contributed by atoms with Gasteiger partial charge in [-0.2, -0.15) is 0 Å². The lowest BCUT2D eigenvalue weighted by Gasteiger charge is -2.18. The summed E-state index contributed by atoms with van der Waals surface area (Å²) in [4.78, 5) is 33.8. The number of guanidine groups is 1. The second kappa shape index (κ2) is 8.74. The molecule has 2 aromatic rings. The van der Waals surface area contributed by atoms with Crippen LogP contribution in [0.15, 0.2) is 41.4 Å². The van der Waals surface area contributed by atoms with Crippen molar-refractivity contribution in [3.63, 3.8) is 0 Å². The van der Waals surface area contributed by atoms with Gasteiger partial charge in [-0.05, 0) is 25.0 Å². The van der Waals surface area contributed by atoms with Crippen molar-refractivity contribution in [1.29, 1.82) is 0 Å². The van der Waals surface area contributed by atoms with Gasteiger partial charge in [-0.1, -0.05) is 24.3 Å². The van der Waals surface area contributed by atoms with Crippen LogP contribution in [0.4, 0.5) is 0 Å². The van der Waals surface area contributed by atoms with E-state index in [1.165, 1.54) is 11.3 Å². The largest absolute Gasteiger partial charge is 0.370 e. The number of carbonyl (C=O) groups is 2. The number of hydrogen-bond donors (Lipinski definition) is 4. The van der Waals surface area contributed by atoms with Gasteiger partial charge in [0.25, 0.3) is 0 Å². The molecule has 1 amide bonds. The van der Waals surface area contributed by atoms with E-state index >= 15 is 0 Å². The lowest BCUT2D eigenvalue weighted by Crippen LogP contribution is -2.48. The summed E-state index contributed by atoms with van der Waals surface area (Å²) in [5, 5.41) is 6.27. The fourth-order valence-electron chi connectivity index (χ4n) is 2.81. The number of Topliss-reactive ketones (excluding diaryl/α,β-unsaturated/α-hetero) is 1. The Bertz CT molecular complexity index is 854. The van der Waals surface area contributed by atoms with Crippen LogP contribution in [-0.2, 0) is 4.79 Å². The van der Waals surface area contributed by atoms with E-state index < -0.39 is 12.1 Å². The normalized spacial score (nSPS) is 17.0. The third kappa shape index (κ3) is 4.89. The highest BCUT2D eigenvalue weighted by atomic mass is 32.1. The summed E-state index contributed by atoms with van der Waals surface area (Å²) in [7, 11) is 0. The summed E-state index contributed by atoms with van der Waals surface area (Å²) in [6.45, 7) is 1.03. The molecule has 1 aliphatic heterocycles. The second-order valence-electron chi connectivity index (χ2n) is 6.18. The molecule has 2 unspecified atom stereocenters. The van der Waals surface area contributed by atoms with E-state index in [4.69, 9.17) is 11.5 Å². The van der Waals surface area contributed by atoms with Gasteiger partial charge in [-0.25, -0.2) is 4.98 Å². The van der Waals surface area contributed by atoms with E-state index in [-0.39, 0.29) is 17.6 Å². The maximum absolute atomic E-state index is 13.0. The zero-order valence-corrected chi connectivity index (χ0v) is 15.5. The number of nitrogens with one attached hydrogen (secondary N) is 2. The summed E-state index contributed by atoms with van der Waals surface area (Å²) in [6.07, 6.45) is 4.66. The third-order valence-corrected chi connectivity index (χ3v) is 5.20. The average Bonchev–Trinajstić information content (AvgIpc) is 3.32. The Labute approximate surface area is 160 Å². The van der Waals surface area contributed by atoms with E-state index in [1.54, 1.807) is 6.08 Å². The second-order valence-corrected chi connectivity index (χ2v) is 7.21. The predicted octanol–water partition coefficient (Wildman–Crippen LogP) is 0.545. The van der Waals surface area contributed by atoms with Crippen LogP contribution in [-0.4, -0.2) is 47.8 Å². The molecule has 0 aliphatic carbocycles. The molecular weight excluding hydrogens is 364 g/mol. The molecule has 1 aromatic carbocycles. The molecule has 0 bridgehead atoms. The Hall–Kier alpha value is -2.78. The topological polar surface area (TPSA) is 135 Å². The van der Waals surface area contributed by atoms with Crippen molar-refractivity contribution < 1.29 is 9.59 Å². The van der Waals surface area contributed by atoms with E-state index in [0.29, 0.717) is 30.9 Å². The molecule has 27 heavy (non-hydrogen) atoms. The molecule has 0 saturated carbocycles. The van der Waals surface area contributed by atoms with Gasteiger partial charge in [0.1, 0.15) is 6.04 Å². The number of carbonyl (C=O) groups excluding carboxylic acids is 2. The van der Waals surface area contributed by atoms with Crippen LogP contribution in [0.2, 0.25) is 0 Å². The first kappa shape index (κ1) is 19.0. The van der Waals surface area contributed by atoms with Gasteiger partial charge in [0.2, 0.25) is 11.7 Å². The Kier molecular flexibility index (Phi) is 6.15. The van der Waals surface area contributed by atoms with Crippen LogP contribution in [0.3, 0.4) is 0 Å². The molecule has 142 valence electrons. The number of amides is 1. The van der Waals surface area contributed by atoms with Gasteiger partial charge in [0, 0.05) is 13.1 Å². The molecule has 9 heteroatoms. The van der Waals surface area contributed by atoms with Gasteiger partial charge < -0.3 is 16.8 Å². The van der Waals surface area contributed by atoms with E-state index in [0.717, 1.165) is 10.2 Å². The van der Waals surface area contributed by atoms with Gasteiger partial charge in [0.05, 0.1) is 16.3 Å². The predicted molar refractivity (Wildman–Crippen MR) is 107 cm³/mol. The van der Waals surface area contributed by atoms with Crippen LogP contribution in [0.5, 0.6) is 0 Å². The molecule has 1 aliphatic rings. The molecule has 0 spiro atoms. The summed E-state index contributed by atoms with van der Waals surface area (Å²) in [5.74, 6) is -0.422. The Morgan fingerprint density at radius 2 is 2.19 bits per heavy atom. The van der Waals surface area contributed by atoms with Crippen LogP contribution in [0.25, 0.3) is 10.2 Å². The van der Waals surface area contributed by atoms with E-state index in [9.17, 15) is 9.59 Å². The number of aliphatic imine (C=N–C) groups is 1. The first-order valence-electron chi connectivity index (χ1n) is 8.70. The highest BCUT2D eigenvalue weighted by Gasteiger charge is 2.27. The number of nitrogens with two attached hydrogens (primary N) is 2. The molecule has 0 radical (unpaired) electrons. The maximum atomic E-state index is 13.0. The van der Waals surface area contributed by atoms with Gasteiger partial charge in [0.15, 0.2) is 11.0 Å². The number of benzene rings is 1. The summed E-state index contributed by atoms with van der Waals surface area (Å²) in [5.41, 5.74) is 11.4. The highest BCUT2D eigenvalue weighted by Crippen LogP contribution is 2.23. The van der Waals surface area contributed by atoms with Crippen molar-refractivity contribution in [2.75, 3.05) is 13.1 Å². The first-order chi connectivity index (χ1) is 13.0. The zero-order valence-electron chi connectivity index (χ0n) is 14.7. The Balaban J connectivity index is 1.74. The van der Waals surface area contributed by atoms with Crippen LogP contribution >= 0.6 is 11.3 Å². The zero-order chi connectivity index (χ0) is 19.2. The lowest BCUT2D eigenvalue weighted by atomic mass is 10.1. The van der Waals surface area contributed by atoms with E-state index in [2.05, 4.69) is 20.6 Å². The molecule has 2 atom stereocenters. The molecule has 2 heterocycles. The minimum absolute atomic E-state index is 0.00776. The minimum atomic E-state index is -0.678. The fourth-order valence-corrected chi connectivity index (χ4v) is 3.77. The molecule has 0 fully saturated rings. The SMILES string of the molecule is NC(N)=NCCCC(NC(=O)C1C=CCN1)C(=O)c1nc2ccccc2s1. The van der Waals surface area contributed by atoms with Crippen LogP contribution in [0, 0.1) is 0 Å². The van der Waals surface area contributed by atoms with Crippen molar-refractivity contribution in [2.45, 2.75) is 24.9 Å². The maximum Gasteiger partial charge on any atom is 0.241 e. The van der Waals surface area contributed by atoms with Crippen LogP contribution in [0.1, 0.15) is 22.6 Å². The summed E-state index contributed by atoms with van der Waals surface area (Å²) < 4.78 is 0.937. The Morgan fingerprint density at radius 1 is 1.37 bits per heavy atom. The number of rotatable bonds is 8. The molecular formula is C18H22N6O2S. The quantitative estimate of drug-likeness (QED) is 0.172. The fraction of sp³-hybridized carbons (Fsp3) is 0.333. The molecule has 0 saturated heterocycles. The number of nitrogens with zero attached hydrogens (tertiary/aromatic N) is 2. The number of ketones is 1. The third-order valence-electron chi connectivity index (χ3n) is 4.15. The van der Waals surface area contributed by atoms with Gasteiger partial charge in [-0.15, -0.1) is 11.3 Å². The number of fused-ring (bicyclic) bond motifs is 1. The molecule has 8 nitrogen and oxygen atoms in total. The van der Waals surface area contributed by atoms with Gasteiger partial charge in [-0.3, -0.25) is 19.9 Å². The monoisotopic (exact) mass is 386 g/mol. The number of para-hydroxylation sites is 1. The lowest BCUT2D eigenvalue weighted by molar-refractivity contribution is -0.122. The summed E-state index contributed by atoms with van der Waals surface area (Å²) >= 11 is 1.33. The van der Waals surface area contributed by atoms with Crippen LogP contribution < -0.4 is 22.1 Å². The summed E-state index contributed by atoms with van der Waals surface area (Å²) in [6, 6.07) is 6.46. The van der Waals surface area contributed by atoms with E-state index in [1.807, 2.05) is 30.3 Å². The van der Waals surface area contributed by atoms with Crippen molar-refractivity contribution >= 4 is 39.2 Å². The minimum Gasteiger partial charge on any atom is -0.370 e. The highest BCUT2D eigenvalue weighted by molar-refractivity contribution is 7.20. The number of aromatic nitrogens is 1. The van der Waals surface area contributed by atoms with Gasteiger partial charge >= 0.3 is 0 Å². The van der Waals surface area contributed by atoms with Crippen molar-refractivity contribution in [3.8, 4) is 0 Å². The van der Waals surface area contributed by atoms with Crippen molar-refractivity contribution in [3.05, 3.63) is 41.4 Å². The average molecular weight is 386 g/mol.